The fourth-order valence-electron chi connectivity index (χ4n) is 2.42. The van der Waals surface area contributed by atoms with Crippen LogP contribution in [-0.2, 0) is 9.59 Å². The lowest BCUT2D eigenvalue weighted by Crippen LogP contribution is -2.31. The highest BCUT2D eigenvalue weighted by Crippen LogP contribution is 2.38. The molecule has 1 aliphatic heterocycles. The minimum atomic E-state index is -0.207. The van der Waals surface area contributed by atoms with Gasteiger partial charge < -0.3 is 4.74 Å². The first-order valence-corrected chi connectivity index (χ1v) is 9.23. The second-order valence-corrected chi connectivity index (χ2v) is 8.04. The Hall–Kier alpha value is -1.75. The molecule has 0 spiro atoms. The van der Waals surface area contributed by atoms with E-state index in [-0.39, 0.29) is 17.1 Å². The summed E-state index contributed by atoms with van der Waals surface area (Å²) in [7, 11) is 0. The molecule has 0 aromatic heterocycles. The zero-order chi connectivity index (χ0) is 17.9. The molecule has 0 saturated carbocycles. The number of ether oxygens (including phenoxy) is 1. The topological polar surface area (TPSA) is 46.6 Å². The molecule has 0 aliphatic carbocycles. The number of imide groups is 1. The van der Waals surface area contributed by atoms with Crippen LogP contribution in [0.5, 0.6) is 5.75 Å². The molecule has 1 aromatic carbocycles. The molecule has 0 unspecified atom stereocenters. The predicted octanol–water partition coefficient (Wildman–Crippen LogP) is 3.96. The van der Waals surface area contributed by atoms with Gasteiger partial charge in [0.2, 0.25) is 0 Å². The molecule has 1 aromatic rings. The van der Waals surface area contributed by atoms with E-state index >= 15 is 0 Å². The van der Waals surface area contributed by atoms with Crippen molar-refractivity contribution in [3.05, 3.63) is 34.7 Å². The van der Waals surface area contributed by atoms with Gasteiger partial charge in [-0.1, -0.05) is 39.8 Å². The van der Waals surface area contributed by atoms with Crippen LogP contribution < -0.4 is 4.74 Å². The average molecular weight is 347 g/mol. The van der Waals surface area contributed by atoms with Crippen molar-refractivity contribution in [1.82, 2.24) is 4.90 Å². The predicted molar refractivity (Wildman–Crippen MR) is 98.8 cm³/mol. The first kappa shape index (κ1) is 18.6. The number of benzene rings is 1. The third kappa shape index (κ3) is 4.01. The molecule has 0 fully saturated rings. The molecule has 1 heterocycles. The van der Waals surface area contributed by atoms with Crippen molar-refractivity contribution in [1.29, 1.82) is 0 Å². The smallest absolute Gasteiger partial charge is 0.267 e. The fraction of sp³-hybridized carbons (Fsp3) is 0.474. The normalized spacial score (nSPS) is 15.2. The van der Waals surface area contributed by atoms with E-state index in [4.69, 9.17) is 4.74 Å². The monoisotopic (exact) mass is 347 g/mol. The van der Waals surface area contributed by atoms with Crippen LogP contribution >= 0.6 is 11.8 Å². The Morgan fingerprint density at radius 2 is 1.67 bits per heavy atom. The van der Waals surface area contributed by atoms with E-state index in [1.165, 1.54) is 16.7 Å². The van der Waals surface area contributed by atoms with Crippen LogP contribution in [0.25, 0.3) is 5.57 Å². The summed E-state index contributed by atoms with van der Waals surface area (Å²) in [6.07, 6.45) is 0. The molecule has 0 N–H and O–H groups in total. The lowest BCUT2D eigenvalue weighted by atomic mass is 10.1. The second-order valence-electron chi connectivity index (χ2n) is 6.45. The van der Waals surface area contributed by atoms with Crippen molar-refractivity contribution in [2.75, 3.05) is 13.2 Å². The molecule has 2 amide bonds. The van der Waals surface area contributed by atoms with Gasteiger partial charge in [0.05, 0.1) is 17.1 Å². The molecule has 24 heavy (non-hydrogen) atoms. The molecule has 4 nitrogen and oxygen atoms in total. The van der Waals surface area contributed by atoms with Crippen molar-refractivity contribution >= 4 is 29.1 Å². The van der Waals surface area contributed by atoms with Gasteiger partial charge in [0.1, 0.15) is 5.75 Å². The van der Waals surface area contributed by atoms with Gasteiger partial charge in [-0.05, 0) is 30.5 Å². The summed E-state index contributed by atoms with van der Waals surface area (Å²) < 4.78 is 5.68. The number of rotatable bonds is 7. The number of likely N-dealkylation sites (N-methyl/N-ethyl adjacent to an activating group) is 1. The maximum atomic E-state index is 12.6. The molecule has 0 radical (unpaired) electrons. The van der Waals surface area contributed by atoms with Crippen LogP contribution in [0, 0.1) is 5.92 Å². The van der Waals surface area contributed by atoms with Crippen molar-refractivity contribution in [2.45, 2.75) is 39.9 Å². The maximum Gasteiger partial charge on any atom is 0.267 e. The van der Waals surface area contributed by atoms with Crippen LogP contribution in [0.3, 0.4) is 0 Å². The van der Waals surface area contributed by atoms with Gasteiger partial charge in [0.15, 0.2) is 0 Å². The summed E-state index contributed by atoms with van der Waals surface area (Å²) >= 11 is 1.45. The first-order chi connectivity index (χ1) is 11.3. The van der Waals surface area contributed by atoms with Gasteiger partial charge in [0.25, 0.3) is 11.8 Å². The van der Waals surface area contributed by atoms with E-state index in [1.807, 2.05) is 45.0 Å². The van der Waals surface area contributed by atoms with Crippen molar-refractivity contribution in [2.24, 2.45) is 5.92 Å². The Kier molecular flexibility index (Phi) is 6.10. The van der Waals surface area contributed by atoms with Crippen molar-refractivity contribution < 1.29 is 14.3 Å². The van der Waals surface area contributed by atoms with E-state index in [1.54, 1.807) is 0 Å². The molecule has 130 valence electrons. The number of hydrogen-bond donors (Lipinski definition) is 0. The highest BCUT2D eigenvalue weighted by molar-refractivity contribution is 8.04. The summed E-state index contributed by atoms with van der Waals surface area (Å²) in [5.41, 5.74) is 1.28. The van der Waals surface area contributed by atoms with Gasteiger partial charge in [-0.2, -0.15) is 0 Å². The zero-order valence-electron chi connectivity index (χ0n) is 15.0. The average Bonchev–Trinajstić information content (AvgIpc) is 2.75. The lowest BCUT2D eigenvalue weighted by Gasteiger charge is -2.12. The molecule has 2 rings (SSSR count). The SMILES string of the molecule is CCN1C(=O)C(SC(C)C)=C(c2ccc(OCC(C)C)cc2)C1=O. The number of carbonyl (C=O) groups is 2. The van der Waals surface area contributed by atoms with Crippen LogP contribution in [0.1, 0.15) is 40.2 Å². The minimum absolute atomic E-state index is 0.184. The standard InChI is InChI=1S/C19H25NO3S/c1-6-20-18(21)16(17(19(20)22)24-13(4)5)14-7-9-15(10-8-14)23-11-12(2)3/h7-10,12-13H,6,11H2,1-5H3. The maximum absolute atomic E-state index is 12.6. The number of thioether (sulfide) groups is 1. The molecular weight excluding hydrogens is 322 g/mol. The summed E-state index contributed by atoms with van der Waals surface area (Å²) in [4.78, 5) is 27.0. The number of amides is 2. The highest BCUT2D eigenvalue weighted by atomic mass is 32.2. The number of hydrogen-bond acceptors (Lipinski definition) is 4. The lowest BCUT2D eigenvalue weighted by molar-refractivity contribution is -0.136. The van der Waals surface area contributed by atoms with E-state index < -0.39 is 0 Å². The third-order valence-corrected chi connectivity index (χ3v) is 4.61. The molecule has 5 heteroatoms. The van der Waals surface area contributed by atoms with Gasteiger partial charge in [-0.25, -0.2) is 0 Å². The zero-order valence-corrected chi connectivity index (χ0v) is 15.8. The van der Waals surface area contributed by atoms with Crippen molar-refractivity contribution in [3.8, 4) is 5.75 Å². The summed E-state index contributed by atoms with van der Waals surface area (Å²) in [5.74, 6) is 0.835. The van der Waals surface area contributed by atoms with E-state index in [9.17, 15) is 9.59 Å². The Morgan fingerprint density at radius 3 is 2.17 bits per heavy atom. The summed E-state index contributed by atoms with van der Waals surface area (Å²) in [5, 5.41) is 0.234. The molecular formula is C19H25NO3S. The van der Waals surface area contributed by atoms with Gasteiger partial charge in [-0.15, -0.1) is 11.8 Å². The Balaban J connectivity index is 2.33. The van der Waals surface area contributed by atoms with Gasteiger partial charge in [-0.3, -0.25) is 14.5 Å². The Bertz CT molecular complexity index is 647. The molecule has 0 bridgehead atoms. The number of nitrogens with zero attached hydrogens (tertiary/aromatic N) is 1. The Labute approximate surface area is 148 Å². The fourth-order valence-corrected chi connectivity index (χ4v) is 3.43. The number of carbonyl (C=O) groups excluding carboxylic acids is 2. The van der Waals surface area contributed by atoms with Crippen molar-refractivity contribution in [3.63, 3.8) is 0 Å². The van der Waals surface area contributed by atoms with Crippen LogP contribution in [0.15, 0.2) is 29.2 Å². The quantitative estimate of drug-likeness (QED) is 0.700. The van der Waals surface area contributed by atoms with E-state index in [2.05, 4.69) is 13.8 Å². The van der Waals surface area contributed by atoms with E-state index in [0.29, 0.717) is 29.5 Å². The largest absolute Gasteiger partial charge is 0.493 e. The van der Waals surface area contributed by atoms with Crippen LogP contribution in [0.4, 0.5) is 0 Å². The molecule has 0 atom stereocenters. The second kappa shape index (κ2) is 7.88. The summed E-state index contributed by atoms with van der Waals surface area (Å²) in [6.45, 7) is 11.1. The van der Waals surface area contributed by atoms with E-state index in [0.717, 1.165) is 11.3 Å². The van der Waals surface area contributed by atoms with Crippen LogP contribution in [0.2, 0.25) is 0 Å². The highest BCUT2D eigenvalue weighted by Gasteiger charge is 2.38. The van der Waals surface area contributed by atoms with Gasteiger partial charge in [0, 0.05) is 11.8 Å². The van der Waals surface area contributed by atoms with Crippen LogP contribution in [-0.4, -0.2) is 35.1 Å². The third-order valence-electron chi connectivity index (χ3n) is 3.52. The minimum Gasteiger partial charge on any atom is -0.493 e. The molecule has 0 saturated heterocycles. The Morgan fingerprint density at radius 1 is 1.04 bits per heavy atom. The first-order valence-electron chi connectivity index (χ1n) is 8.35. The van der Waals surface area contributed by atoms with Gasteiger partial charge >= 0.3 is 0 Å². The summed E-state index contributed by atoms with van der Waals surface area (Å²) in [6, 6.07) is 7.43. The molecule has 1 aliphatic rings.